The molecule has 0 aromatic rings. The largest absolute Gasteiger partial charge is 0.341 e. The van der Waals surface area contributed by atoms with Gasteiger partial charge in [-0.25, -0.2) is 0 Å². The third kappa shape index (κ3) is 5.22. The first-order chi connectivity index (χ1) is 6.79. The highest BCUT2D eigenvalue weighted by Gasteiger charge is 2.07. The van der Waals surface area contributed by atoms with E-state index in [1.807, 2.05) is 0 Å². The molecular weight excluding hydrogens is 176 g/mol. The predicted octanol–water partition coefficient (Wildman–Crippen LogP) is 1.91. The van der Waals surface area contributed by atoms with Gasteiger partial charge in [-0.3, -0.25) is 4.79 Å². The number of carbonyl (C=O) groups is 1. The first kappa shape index (κ1) is 11.5. The zero-order valence-electron chi connectivity index (χ0n) is 8.93. The van der Waals surface area contributed by atoms with Gasteiger partial charge >= 0.3 is 0 Å². The molecular formula is C11H22N2O. The van der Waals surface area contributed by atoms with Gasteiger partial charge in [-0.2, -0.15) is 0 Å². The lowest BCUT2D eigenvalue weighted by atomic mass is 10.1. The maximum Gasteiger partial charge on any atom is 0.221 e. The van der Waals surface area contributed by atoms with Crippen molar-refractivity contribution < 1.29 is 4.79 Å². The summed E-state index contributed by atoms with van der Waals surface area (Å²) in [5, 5.41) is 2.84. The number of rotatable bonds is 0. The second-order valence-electron chi connectivity index (χ2n) is 4.19. The van der Waals surface area contributed by atoms with Crippen LogP contribution in [0.1, 0.15) is 57.8 Å². The lowest BCUT2D eigenvalue weighted by Crippen LogP contribution is -2.41. The van der Waals surface area contributed by atoms with Gasteiger partial charge in [0.15, 0.2) is 0 Å². The molecule has 1 aliphatic heterocycles. The molecule has 1 unspecified atom stereocenters. The summed E-state index contributed by atoms with van der Waals surface area (Å²) in [6.07, 6.45) is 9.95. The maximum absolute atomic E-state index is 11.3. The highest BCUT2D eigenvalue weighted by molar-refractivity contribution is 5.76. The molecule has 3 N–H and O–H groups in total. The van der Waals surface area contributed by atoms with Gasteiger partial charge in [-0.15, -0.1) is 0 Å². The van der Waals surface area contributed by atoms with E-state index in [1.54, 1.807) is 0 Å². The van der Waals surface area contributed by atoms with Gasteiger partial charge in [-0.1, -0.05) is 38.5 Å². The molecule has 3 nitrogen and oxygen atoms in total. The Balaban J connectivity index is 2.26. The van der Waals surface area contributed by atoms with Gasteiger partial charge in [-0.05, 0) is 12.8 Å². The molecule has 1 aliphatic rings. The van der Waals surface area contributed by atoms with Crippen LogP contribution in [-0.4, -0.2) is 12.1 Å². The molecule has 0 aromatic carbocycles. The Morgan fingerprint density at radius 3 is 2.29 bits per heavy atom. The Morgan fingerprint density at radius 1 is 1.00 bits per heavy atom. The second-order valence-corrected chi connectivity index (χ2v) is 4.19. The van der Waals surface area contributed by atoms with Crippen LogP contribution in [0.15, 0.2) is 0 Å². The Bertz CT molecular complexity index is 171. The van der Waals surface area contributed by atoms with E-state index in [0.717, 1.165) is 19.3 Å². The third-order valence-corrected chi connectivity index (χ3v) is 2.77. The molecule has 0 radical (unpaired) electrons. The molecule has 82 valence electrons. The number of carbonyl (C=O) groups excluding carboxylic acids is 1. The number of nitrogens with two attached hydrogens (primary N) is 1. The fraction of sp³-hybridized carbons (Fsp3) is 0.909. The SMILES string of the molecule is NC1CCCCCCCCCC(=O)N1. The minimum absolute atomic E-state index is 0.123. The van der Waals surface area contributed by atoms with E-state index >= 15 is 0 Å². The smallest absolute Gasteiger partial charge is 0.221 e. The molecule has 1 atom stereocenters. The van der Waals surface area contributed by atoms with Crippen molar-refractivity contribution >= 4 is 5.91 Å². The van der Waals surface area contributed by atoms with Crippen molar-refractivity contribution in [3.63, 3.8) is 0 Å². The summed E-state index contributed by atoms with van der Waals surface area (Å²) < 4.78 is 0. The summed E-state index contributed by atoms with van der Waals surface area (Å²) in [6.45, 7) is 0. The van der Waals surface area contributed by atoms with Gasteiger partial charge in [0.1, 0.15) is 0 Å². The standard InChI is InChI=1S/C11H22N2O/c12-10-8-6-4-2-1-3-5-7-9-11(14)13-10/h10H,1-9,12H2,(H,13,14). The van der Waals surface area contributed by atoms with Gasteiger partial charge in [0.2, 0.25) is 5.91 Å². The Hall–Kier alpha value is -0.570. The molecule has 0 bridgehead atoms. The van der Waals surface area contributed by atoms with Crippen molar-refractivity contribution in [2.45, 2.75) is 64.0 Å². The summed E-state index contributed by atoms with van der Waals surface area (Å²) in [7, 11) is 0. The molecule has 1 rings (SSSR count). The molecule has 0 spiro atoms. The Labute approximate surface area is 86.4 Å². The highest BCUT2D eigenvalue weighted by Crippen LogP contribution is 2.11. The van der Waals surface area contributed by atoms with E-state index in [0.29, 0.717) is 6.42 Å². The molecule has 1 fully saturated rings. The van der Waals surface area contributed by atoms with E-state index in [2.05, 4.69) is 5.32 Å². The number of nitrogens with one attached hydrogen (secondary N) is 1. The summed E-state index contributed by atoms with van der Waals surface area (Å²) in [4.78, 5) is 11.3. The van der Waals surface area contributed by atoms with Crippen LogP contribution in [0.5, 0.6) is 0 Å². The average Bonchev–Trinajstić information content (AvgIpc) is 2.13. The summed E-state index contributed by atoms with van der Waals surface area (Å²) in [5.41, 5.74) is 5.77. The minimum Gasteiger partial charge on any atom is -0.341 e. The first-order valence-corrected chi connectivity index (χ1v) is 5.84. The van der Waals surface area contributed by atoms with Crippen LogP contribution in [-0.2, 0) is 4.79 Å². The monoisotopic (exact) mass is 198 g/mol. The van der Waals surface area contributed by atoms with Crippen LogP contribution >= 0.6 is 0 Å². The van der Waals surface area contributed by atoms with E-state index in [4.69, 9.17) is 5.73 Å². The number of amides is 1. The molecule has 0 aliphatic carbocycles. The fourth-order valence-corrected chi connectivity index (χ4v) is 1.88. The lowest BCUT2D eigenvalue weighted by molar-refractivity contribution is -0.121. The summed E-state index contributed by atoms with van der Waals surface area (Å²) >= 11 is 0. The van der Waals surface area contributed by atoms with Gasteiger partial charge in [0.05, 0.1) is 6.17 Å². The van der Waals surface area contributed by atoms with Crippen LogP contribution in [0.4, 0.5) is 0 Å². The molecule has 0 saturated carbocycles. The molecule has 0 aromatic heterocycles. The molecule has 1 heterocycles. The van der Waals surface area contributed by atoms with Crippen LogP contribution in [0.3, 0.4) is 0 Å². The summed E-state index contributed by atoms with van der Waals surface area (Å²) in [5.74, 6) is 0.123. The maximum atomic E-state index is 11.3. The van der Waals surface area contributed by atoms with Crippen molar-refractivity contribution in [3.8, 4) is 0 Å². The first-order valence-electron chi connectivity index (χ1n) is 5.84. The van der Waals surface area contributed by atoms with Crippen molar-refractivity contribution in [2.24, 2.45) is 5.73 Å². The topological polar surface area (TPSA) is 55.1 Å². The van der Waals surface area contributed by atoms with E-state index in [1.165, 1.54) is 32.1 Å². The van der Waals surface area contributed by atoms with E-state index in [9.17, 15) is 4.79 Å². The van der Waals surface area contributed by atoms with Crippen LogP contribution in [0, 0.1) is 0 Å². The molecule has 1 amide bonds. The molecule has 3 heteroatoms. The van der Waals surface area contributed by atoms with Crippen LogP contribution in [0.2, 0.25) is 0 Å². The van der Waals surface area contributed by atoms with Crippen molar-refractivity contribution in [1.82, 2.24) is 5.32 Å². The number of hydrogen-bond donors (Lipinski definition) is 2. The molecule has 1 saturated heterocycles. The van der Waals surface area contributed by atoms with Gasteiger partial charge < -0.3 is 11.1 Å². The zero-order valence-corrected chi connectivity index (χ0v) is 8.93. The zero-order chi connectivity index (χ0) is 10.2. The van der Waals surface area contributed by atoms with E-state index < -0.39 is 0 Å². The van der Waals surface area contributed by atoms with Gasteiger partial charge in [0, 0.05) is 6.42 Å². The van der Waals surface area contributed by atoms with Crippen molar-refractivity contribution in [1.29, 1.82) is 0 Å². The Kier molecular flexibility index (Phi) is 5.60. The predicted molar refractivity (Wildman–Crippen MR) is 57.7 cm³/mol. The summed E-state index contributed by atoms with van der Waals surface area (Å²) in [6, 6.07) is 0. The van der Waals surface area contributed by atoms with Crippen molar-refractivity contribution in [2.75, 3.05) is 0 Å². The lowest BCUT2D eigenvalue weighted by Gasteiger charge is -2.14. The van der Waals surface area contributed by atoms with Crippen LogP contribution < -0.4 is 11.1 Å². The van der Waals surface area contributed by atoms with Crippen LogP contribution in [0.25, 0.3) is 0 Å². The fourth-order valence-electron chi connectivity index (χ4n) is 1.88. The second kappa shape index (κ2) is 6.82. The quantitative estimate of drug-likeness (QED) is 0.624. The number of hydrogen-bond acceptors (Lipinski definition) is 2. The van der Waals surface area contributed by atoms with Gasteiger partial charge in [0.25, 0.3) is 0 Å². The molecule has 14 heavy (non-hydrogen) atoms. The highest BCUT2D eigenvalue weighted by atomic mass is 16.1. The Morgan fingerprint density at radius 2 is 1.57 bits per heavy atom. The third-order valence-electron chi connectivity index (χ3n) is 2.77. The normalized spacial score (nSPS) is 27.2. The average molecular weight is 198 g/mol. The van der Waals surface area contributed by atoms with E-state index in [-0.39, 0.29) is 12.1 Å². The van der Waals surface area contributed by atoms with Crippen molar-refractivity contribution in [3.05, 3.63) is 0 Å². The minimum atomic E-state index is -0.123.